The highest BCUT2D eigenvalue weighted by Crippen LogP contribution is 2.31. The second-order valence-corrected chi connectivity index (χ2v) is 4.66. The number of hydrogen-bond donors (Lipinski definition) is 0. The fourth-order valence-corrected chi connectivity index (χ4v) is 2.07. The van der Waals surface area contributed by atoms with Crippen molar-refractivity contribution in [2.24, 2.45) is 0 Å². The van der Waals surface area contributed by atoms with Crippen molar-refractivity contribution in [3.63, 3.8) is 0 Å². The van der Waals surface area contributed by atoms with Crippen LogP contribution in [0.25, 0.3) is 5.69 Å². The lowest BCUT2D eigenvalue weighted by Crippen LogP contribution is -2.14. The molecular formula is C13H15N3O. The highest BCUT2D eigenvalue weighted by atomic mass is 16.5. The van der Waals surface area contributed by atoms with Crippen LogP contribution in [-0.4, -0.2) is 14.8 Å². The van der Waals surface area contributed by atoms with Crippen LogP contribution in [0.5, 0.6) is 5.75 Å². The molecule has 17 heavy (non-hydrogen) atoms. The average Bonchev–Trinajstić information content (AvgIpc) is 2.69. The Morgan fingerprint density at radius 2 is 2.18 bits per heavy atom. The number of nitrogens with zero attached hydrogens (tertiary/aromatic N) is 3. The van der Waals surface area contributed by atoms with Crippen molar-refractivity contribution in [1.82, 2.24) is 14.8 Å². The minimum absolute atomic E-state index is 0.495. The van der Waals surface area contributed by atoms with Crippen LogP contribution in [0, 0.1) is 6.92 Å². The maximum Gasteiger partial charge on any atom is 0.170 e. The molecule has 1 aromatic heterocycles. The Balaban J connectivity index is 2.14. The second kappa shape index (κ2) is 3.58. The first-order chi connectivity index (χ1) is 8.15. The normalized spacial score (nSPS) is 13.2. The van der Waals surface area contributed by atoms with Crippen molar-refractivity contribution in [2.45, 2.75) is 33.3 Å². The van der Waals surface area contributed by atoms with Crippen LogP contribution in [0.2, 0.25) is 0 Å². The second-order valence-electron chi connectivity index (χ2n) is 4.66. The van der Waals surface area contributed by atoms with Crippen LogP contribution in [0.3, 0.4) is 0 Å². The Morgan fingerprint density at radius 3 is 2.94 bits per heavy atom. The molecule has 4 heteroatoms. The van der Waals surface area contributed by atoms with Crippen molar-refractivity contribution < 1.29 is 4.74 Å². The monoisotopic (exact) mass is 229 g/mol. The Kier molecular flexibility index (Phi) is 2.18. The summed E-state index contributed by atoms with van der Waals surface area (Å²) in [5.74, 6) is 3.05. The zero-order valence-corrected chi connectivity index (χ0v) is 10.3. The van der Waals surface area contributed by atoms with E-state index in [1.165, 1.54) is 5.56 Å². The Labute approximate surface area is 100 Å². The predicted molar refractivity (Wildman–Crippen MR) is 64.5 cm³/mol. The van der Waals surface area contributed by atoms with Crippen LogP contribution < -0.4 is 4.74 Å². The Morgan fingerprint density at radius 1 is 1.35 bits per heavy atom. The minimum atomic E-state index is 0.495. The van der Waals surface area contributed by atoms with Crippen LogP contribution in [0.15, 0.2) is 18.2 Å². The topological polar surface area (TPSA) is 39.9 Å². The molecular weight excluding hydrogens is 214 g/mol. The van der Waals surface area contributed by atoms with E-state index in [2.05, 4.69) is 42.1 Å². The third-order valence-electron chi connectivity index (χ3n) is 3.02. The predicted octanol–water partition coefficient (Wildman–Crippen LogP) is 2.59. The molecule has 0 bridgehead atoms. The minimum Gasteiger partial charge on any atom is -0.483 e. The molecule has 0 unspecified atom stereocenters. The average molecular weight is 229 g/mol. The summed E-state index contributed by atoms with van der Waals surface area (Å²) in [6, 6.07) is 6.28. The van der Waals surface area contributed by atoms with E-state index < -0.39 is 0 Å². The molecule has 0 atom stereocenters. The van der Waals surface area contributed by atoms with E-state index in [-0.39, 0.29) is 0 Å². The molecule has 1 aromatic carbocycles. The van der Waals surface area contributed by atoms with Crippen molar-refractivity contribution in [2.75, 3.05) is 0 Å². The van der Waals surface area contributed by atoms with E-state index in [1.54, 1.807) is 0 Å². The number of benzene rings is 1. The molecule has 4 nitrogen and oxygen atoms in total. The molecule has 0 N–H and O–H groups in total. The molecule has 0 aliphatic carbocycles. The molecule has 0 amide bonds. The van der Waals surface area contributed by atoms with Gasteiger partial charge in [-0.1, -0.05) is 19.9 Å². The van der Waals surface area contributed by atoms with Gasteiger partial charge in [-0.05, 0) is 30.5 Å². The number of rotatable bonds is 1. The van der Waals surface area contributed by atoms with Gasteiger partial charge in [-0.25, -0.2) is 9.67 Å². The lowest BCUT2D eigenvalue weighted by molar-refractivity contribution is 0.276. The zero-order valence-electron chi connectivity index (χ0n) is 10.3. The number of aryl methyl sites for hydroxylation is 1. The van der Waals surface area contributed by atoms with Crippen molar-refractivity contribution in [3.8, 4) is 11.4 Å². The zero-order chi connectivity index (χ0) is 12.0. The van der Waals surface area contributed by atoms with Gasteiger partial charge in [0, 0.05) is 0 Å². The lowest BCUT2D eigenvalue weighted by atomic mass is 10.0. The molecule has 2 aromatic rings. The molecule has 1 aliphatic heterocycles. The highest BCUT2D eigenvalue weighted by Gasteiger charge is 2.20. The first-order valence-corrected chi connectivity index (χ1v) is 5.85. The van der Waals surface area contributed by atoms with Gasteiger partial charge < -0.3 is 4.74 Å². The summed E-state index contributed by atoms with van der Waals surface area (Å²) in [7, 11) is 0. The molecule has 0 saturated heterocycles. The number of ether oxygens (including phenoxy) is 1. The van der Waals surface area contributed by atoms with E-state index in [0.29, 0.717) is 12.5 Å². The van der Waals surface area contributed by atoms with Gasteiger partial charge in [-0.15, -0.1) is 0 Å². The molecule has 0 spiro atoms. The Bertz CT molecular complexity index is 572. The summed E-state index contributed by atoms with van der Waals surface area (Å²) < 4.78 is 7.60. The smallest absolute Gasteiger partial charge is 0.170 e. The third-order valence-corrected chi connectivity index (χ3v) is 3.02. The molecule has 1 aliphatic rings. The SMILES string of the molecule is Cc1nc2n(n1)-c1ccc(C(C)C)cc1OC2. The first kappa shape index (κ1) is 10.3. The summed E-state index contributed by atoms with van der Waals surface area (Å²) in [4.78, 5) is 4.33. The van der Waals surface area contributed by atoms with Crippen molar-refractivity contribution in [3.05, 3.63) is 35.4 Å². The van der Waals surface area contributed by atoms with E-state index in [1.807, 2.05) is 11.6 Å². The number of aromatic nitrogens is 3. The van der Waals surface area contributed by atoms with Gasteiger partial charge in [0.1, 0.15) is 23.9 Å². The van der Waals surface area contributed by atoms with Gasteiger partial charge in [0.25, 0.3) is 0 Å². The fraction of sp³-hybridized carbons (Fsp3) is 0.385. The molecule has 0 fully saturated rings. The van der Waals surface area contributed by atoms with E-state index in [9.17, 15) is 0 Å². The van der Waals surface area contributed by atoms with Gasteiger partial charge in [-0.2, -0.15) is 5.10 Å². The first-order valence-electron chi connectivity index (χ1n) is 5.85. The summed E-state index contributed by atoms with van der Waals surface area (Å²) >= 11 is 0. The molecule has 0 radical (unpaired) electrons. The van der Waals surface area contributed by atoms with Crippen LogP contribution >= 0.6 is 0 Å². The number of fused-ring (bicyclic) bond motifs is 3. The van der Waals surface area contributed by atoms with E-state index in [4.69, 9.17) is 4.74 Å². The van der Waals surface area contributed by atoms with E-state index >= 15 is 0 Å². The van der Waals surface area contributed by atoms with Gasteiger partial charge in [-0.3, -0.25) is 0 Å². The largest absolute Gasteiger partial charge is 0.483 e. The fourth-order valence-electron chi connectivity index (χ4n) is 2.07. The number of hydrogen-bond acceptors (Lipinski definition) is 3. The lowest BCUT2D eigenvalue weighted by Gasteiger charge is -2.19. The van der Waals surface area contributed by atoms with Gasteiger partial charge >= 0.3 is 0 Å². The third kappa shape index (κ3) is 1.60. The summed E-state index contributed by atoms with van der Waals surface area (Å²) in [6.07, 6.45) is 0. The van der Waals surface area contributed by atoms with Crippen LogP contribution in [-0.2, 0) is 6.61 Å². The molecule has 88 valence electrons. The summed E-state index contributed by atoms with van der Waals surface area (Å²) in [6.45, 7) is 6.74. The van der Waals surface area contributed by atoms with Crippen LogP contribution in [0.4, 0.5) is 0 Å². The maximum atomic E-state index is 5.73. The molecule has 2 heterocycles. The van der Waals surface area contributed by atoms with E-state index in [0.717, 1.165) is 23.1 Å². The van der Waals surface area contributed by atoms with Gasteiger partial charge in [0.05, 0.1) is 0 Å². The van der Waals surface area contributed by atoms with Crippen molar-refractivity contribution in [1.29, 1.82) is 0 Å². The summed E-state index contributed by atoms with van der Waals surface area (Å²) in [5, 5.41) is 4.39. The maximum absolute atomic E-state index is 5.73. The molecule has 3 rings (SSSR count). The summed E-state index contributed by atoms with van der Waals surface area (Å²) in [5.41, 5.74) is 2.26. The standard InChI is InChI=1S/C13H15N3O/c1-8(2)10-4-5-11-12(6-10)17-7-13-14-9(3)15-16(11)13/h4-6,8H,7H2,1-3H3. The quantitative estimate of drug-likeness (QED) is 0.754. The Hall–Kier alpha value is -1.84. The van der Waals surface area contributed by atoms with Gasteiger partial charge in [0.2, 0.25) is 0 Å². The van der Waals surface area contributed by atoms with Crippen molar-refractivity contribution >= 4 is 0 Å². The van der Waals surface area contributed by atoms with Crippen LogP contribution in [0.1, 0.15) is 37.0 Å². The molecule has 0 saturated carbocycles. The van der Waals surface area contributed by atoms with Gasteiger partial charge in [0.15, 0.2) is 5.82 Å². The highest BCUT2D eigenvalue weighted by molar-refractivity contribution is 5.50.